The molecule has 3 N–H and O–H groups in total. The van der Waals surface area contributed by atoms with E-state index in [1.807, 2.05) is 39.8 Å². The predicted octanol–water partition coefficient (Wildman–Crippen LogP) is 4.42. The van der Waals surface area contributed by atoms with Crippen molar-refractivity contribution in [1.29, 1.82) is 5.26 Å². The van der Waals surface area contributed by atoms with Gasteiger partial charge in [-0.2, -0.15) is 5.26 Å². The van der Waals surface area contributed by atoms with Crippen molar-refractivity contribution < 1.29 is 28.3 Å². The number of carbonyl (C=O) groups excluding carboxylic acids is 4. The highest BCUT2D eigenvalue weighted by Gasteiger charge is 2.64. The first kappa shape index (κ1) is 40.8. The van der Waals surface area contributed by atoms with Gasteiger partial charge in [0.05, 0.1) is 16.8 Å². The van der Waals surface area contributed by atoms with Crippen LogP contribution in [0.5, 0.6) is 5.75 Å². The Morgan fingerprint density at radius 3 is 2.37 bits per heavy atom. The summed E-state index contributed by atoms with van der Waals surface area (Å²) in [5.74, 6) is 0.515. The predicted molar refractivity (Wildman–Crippen MR) is 233 cm³/mol. The van der Waals surface area contributed by atoms with Gasteiger partial charge < -0.3 is 29.7 Å². The number of aromatic nitrogens is 1. The number of H-pyrrole nitrogens is 1. The lowest BCUT2D eigenvalue weighted by molar-refractivity contribution is -0.163. The number of imide groups is 1. The highest BCUT2D eigenvalue weighted by molar-refractivity contribution is 6.05. The second-order valence-electron chi connectivity index (χ2n) is 19.5. The molecule has 1 aromatic heterocycles. The molecule has 4 atom stereocenters. The number of nitrogens with one attached hydrogen (secondary N) is 3. The van der Waals surface area contributed by atoms with Gasteiger partial charge in [-0.05, 0) is 84.3 Å². The minimum Gasteiger partial charge on any atom is -0.488 e. The van der Waals surface area contributed by atoms with Gasteiger partial charge in [-0.3, -0.25) is 34.2 Å². The molecule has 326 valence electrons. The fourth-order valence-corrected chi connectivity index (χ4v) is 11.8. The second kappa shape index (κ2) is 14.9. The van der Waals surface area contributed by atoms with Gasteiger partial charge >= 0.3 is 0 Å². The molecule has 0 spiro atoms. The average Bonchev–Trinajstić information content (AvgIpc) is 3.52. The van der Waals surface area contributed by atoms with Crippen LogP contribution in [0, 0.1) is 45.7 Å². The summed E-state index contributed by atoms with van der Waals surface area (Å²) < 4.78 is 22.4. The lowest BCUT2D eigenvalue weighted by atomic mass is 9.49. The fourth-order valence-electron chi connectivity index (χ4n) is 11.8. The zero-order valence-corrected chi connectivity index (χ0v) is 35.9. The van der Waals surface area contributed by atoms with E-state index >= 15 is 4.39 Å². The lowest BCUT2D eigenvalue weighted by Gasteiger charge is -2.63. The van der Waals surface area contributed by atoms with E-state index in [1.54, 1.807) is 35.2 Å². The molecule has 2 aliphatic carbocycles. The number of ether oxygens (including phenoxy) is 1. The minimum atomic E-state index is -0.625. The third kappa shape index (κ3) is 6.90. The SMILES string of the molecule is CC1(C)C(NC(=O)c2ccc(N3C[C@@H]4C(CN5CCN(c6ccc7c(c6)CN([C@H]6CCC(=O)NC6=O)C7=O)CC5)[C@@H]4C3)c(F)c2)C(C)(C)C1Oc1ccc(C#N)c2[nH]c(=O)ccc12. The number of nitrogens with zero attached hydrogens (tertiary/aromatic N) is 5. The molecule has 14 nitrogen and oxygen atoms in total. The van der Waals surface area contributed by atoms with E-state index in [0.717, 1.165) is 57.1 Å². The monoisotopic (exact) mass is 854 g/mol. The Morgan fingerprint density at radius 1 is 0.921 bits per heavy atom. The molecule has 15 heteroatoms. The summed E-state index contributed by atoms with van der Waals surface area (Å²) in [4.78, 5) is 74.3. The van der Waals surface area contributed by atoms with E-state index in [9.17, 15) is 29.2 Å². The van der Waals surface area contributed by atoms with Crippen LogP contribution in [-0.4, -0.2) is 102 Å². The van der Waals surface area contributed by atoms with Crippen LogP contribution in [0.25, 0.3) is 10.9 Å². The van der Waals surface area contributed by atoms with Crippen molar-refractivity contribution in [2.24, 2.45) is 28.6 Å². The van der Waals surface area contributed by atoms with Crippen LogP contribution < -0.4 is 30.7 Å². The van der Waals surface area contributed by atoms with Gasteiger partial charge in [-0.25, -0.2) is 4.39 Å². The van der Waals surface area contributed by atoms with Crippen molar-refractivity contribution >= 4 is 45.9 Å². The number of piperazine rings is 1. The summed E-state index contributed by atoms with van der Waals surface area (Å²) in [6.07, 6.45) is 0.257. The number of fused-ring (bicyclic) bond motifs is 3. The van der Waals surface area contributed by atoms with Crippen LogP contribution >= 0.6 is 0 Å². The van der Waals surface area contributed by atoms with Gasteiger partial charge in [0, 0.05) is 104 Å². The first-order chi connectivity index (χ1) is 30.1. The number of anilines is 2. The molecule has 0 bridgehead atoms. The third-order valence-corrected chi connectivity index (χ3v) is 15.0. The molecule has 3 aromatic carbocycles. The Kier molecular flexibility index (Phi) is 9.67. The van der Waals surface area contributed by atoms with E-state index < -0.39 is 28.6 Å². The number of nitriles is 1. The van der Waals surface area contributed by atoms with Crippen molar-refractivity contribution in [3.8, 4) is 11.8 Å². The molecule has 4 aliphatic heterocycles. The summed E-state index contributed by atoms with van der Waals surface area (Å²) in [6.45, 7) is 14.7. The number of benzene rings is 3. The molecule has 6 aliphatic rings. The Labute approximate surface area is 364 Å². The van der Waals surface area contributed by atoms with Gasteiger partial charge in [-0.15, -0.1) is 0 Å². The quantitative estimate of drug-likeness (QED) is 0.205. The molecule has 4 amide bonds. The smallest absolute Gasteiger partial charge is 0.255 e. The van der Waals surface area contributed by atoms with E-state index in [-0.39, 0.29) is 47.4 Å². The van der Waals surface area contributed by atoms with Crippen molar-refractivity contribution in [1.82, 2.24) is 25.4 Å². The van der Waals surface area contributed by atoms with Crippen molar-refractivity contribution in [2.45, 2.75) is 65.3 Å². The summed E-state index contributed by atoms with van der Waals surface area (Å²) in [5, 5.41) is 15.7. The van der Waals surface area contributed by atoms with Gasteiger partial charge in [0.2, 0.25) is 17.4 Å². The van der Waals surface area contributed by atoms with Crippen molar-refractivity contribution in [3.05, 3.63) is 99.1 Å². The molecule has 4 aromatic rings. The Morgan fingerprint density at radius 2 is 1.67 bits per heavy atom. The second-order valence-corrected chi connectivity index (χ2v) is 19.5. The highest BCUT2D eigenvalue weighted by Crippen LogP contribution is 2.56. The van der Waals surface area contributed by atoms with Crippen LogP contribution in [0.1, 0.15) is 72.4 Å². The lowest BCUT2D eigenvalue weighted by Crippen LogP contribution is -2.74. The zero-order chi connectivity index (χ0) is 44.1. The number of halogens is 1. The van der Waals surface area contributed by atoms with Crippen LogP contribution in [0.3, 0.4) is 0 Å². The van der Waals surface area contributed by atoms with Crippen molar-refractivity contribution in [3.63, 3.8) is 0 Å². The number of pyridine rings is 1. The molecule has 10 rings (SSSR count). The zero-order valence-electron chi connectivity index (χ0n) is 35.9. The standard InChI is InChI=1S/C48H51FN8O6/c1-47(2)45(48(3,4)46(47)63-38-12-6-27(21-50)41-31(38)9-13-39(58)51-41)53-42(60)26-5-10-36(35(49)20-26)56-24-33-32(34(33)25-56)23-54-15-17-55(18-16-54)29-7-8-30-28(19-29)22-57(44(30)62)37-11-14-40(59)52-43(37)61/h5-10,12-13,19-20,32-34,37,45-46H,11,14-18,22-25H2,1-4H3,(H,51,58)(H,53,60)(H,52,59,61)/t32?,33-,34+,37-,45?,46?/m0/s1. The maximum Gasteiger partial charge on any atom is 0.255 e. The highest BCUT2D eigenvalue weighted by atomic mass is 19.1. The molecule has 5 fully saturated rings. The number of hydrogen-bond donors (Lipinski definition) is 3. The molecule has 63 heavy (non-hydrogen) atoms. The number of carbonyl (C=O) groups is 4. The molecular weight excluding hydrogens is 804 g/mol. The molecule has 0 radical (unpaired) electrons. The summed E-state index contributed by atoms with van der Waals surface area (Å²) in [5.41, 5.74) is 2.84. The summed E-state index contributed by atoms with van der Waals surface area (Å²) in [7, 11) is 0. The number of amides is 4. The van der Waals surface area contributed by atoms with E-state index in [1.165, 1.54) is 12.1 Å². The molecule has 2 saturated carbocycles. The Bertz CT molecular complexity index is 2670. The van der Waals surface area contributed by atoms with Crippen molar-refractivity contribution in [2.75, 3.05) is 55.6 Å². The molecular formula is C48H51FN8O6. The summed E-state index contributed by atoms with van der Waals surface area (Å²) in [6, 6.07) is 18.3. The number of rotatable bonds is 9. The normalized spacial score (nSPS) is 27.0. The fraction of sp³-hybridized carbons (Fsp3) is 0.458. The Balaban J connectivity index is 0.704. The van der Waals surface area contributed by atoms with Crippen LogP contribution in [0.4, 0.5) is 15.8 Å². The van der Waals surface area contributed by atoms with Gasteiger partial charge in [-0.1, -0.05) is 27.7 Å². The maximum atomic E-state index is 15.8. The van der Waals surface area contributed by atoms with Crippen LogP contribution in [0.15, 0.2) is 65.5 Å². The van der Waals surface area contributed by atoms with E-state index in [2.05, 4.69) is 42.5 Å². The van der Waals surface area contributed by atoms with E-state index in [4.69, 9.17) is 4.74 Å². The van der Waals surface area contributed by atoms with Gasteiger partial charge in [0.1, 0.15) is 29.8 Å². The summed E-state index contributed by atoms with van der Waals surface area (Å²) >= 11 is 0. The topological polar surface area (TPSA) is 171 Å². The number of aromatic amines is 1. The van der Waals surface area contributed by atoms with Gasteiger partial charge in [0.15, 0.2) is 0 Å². The molecule has 1 unspecified atom stereocenters. The third-order valence-electron chi connectivity index (χ3n) is 15.0. The Hall–Kier alpha value is -6.27. The van der Waals surface area contributed by atoms with E-state index in [0.29, 0.717) is 64.2 Å². The minimum absolute atomic E-state index is 0.162. The maximum absolute atomic E-state index is 15.8. The molecule has 5 heterocycles. The first-order valence-electron chi connectivity index (χ1n) is 22.0. The van der Waals surface area contributed by atoms with Crippen LogP contribution in [-0.2, 0) is 16.1 Å². The van der Waals surface area contributed by atoms with Crippen LogP contribution in [0.2, 0.25) is 0 Å². The number of piperidine rings is 2. The largest absolute Gasteiger partial charge is 0.488 e. The number of hydrogen-bond acceptors (Lipinski definition) is 10. The van der Waals surface area contributed by atoms with Gasteiger partial charge in [0.25, 0.3) is 11.8 Å². The first-order valence-corrected chi connectivity index (χ1v) is 22.0. The molecule has 3 saturated heterocycles. The average molecular weight is 855 g/mol.